The third kappa shape index (κ3) is 3.77. The number of aryl methyl sites for hydroxylation is 2. The number of halogens is 2. The number of carbonyl (C=O) groups is 1. The van der Waals surface area contributed by atoms with Gasteiger partial charge in [0.2, 0.25) is 5.91 Å². The molecule has 0 radical (unpaired) electrons. The van der Waals surface area contributed by atoms with Crippen LogP contribution in [0.2, 0.25) is 0 Å². The Hall–Kier alpha value is -3.50. The van der Waals surface area contributed by atoms with Crippen molar-refractivity contribution >= 4 is 17.1 Å². The zero-order chi connectivity index (χ0) is 20.4. The van der Waals surface area contributed by atoms with E-state index in [1.54, 1.807) is 7.05 Å². The van der Waals surface area contributed by atoms with Gasteiger partial charge in [-0.1, -0.05) is 12.1 Å². The lowest BCUT2D eigenvalue weighted by molar-refractivity contribution is -0.121. The Morgan fingerprint density at radius 1 is 1.21 bits per heavy atom. The lowest BCUT2D eigenvalue weighted by Gasteiger charge is -2.10. The van der Waals surface area contributed by atoms with Gasteiger partial charge in [0.1, 0.15) is 12.3 Å². The molecule has 0 bridgehead atoms. The summed E-state index contributed by atoms with van der Waals surface area (Å²) in [5.74, 6) is -0.543. The number of aromatic nitrogens is 4. The van der Waals surface area contributed by atoms with Crippen molar-refractivity contribution < 1.29 is 18.3 Å². The Labute approximate surface area is 156 Å². The van der Waals surface area contributed by atoms with Gasteiger partial charge in [-0.05, 0) is 17.7 Å². The molecule has 1 N–H and O–H groups in total. The van der Waals surface area contributed by atoms with Crippen LogP contribution in [0.4, 0.5) is 8.78 Å². The van der Waals surface area contributed by atoms with Crippen LogP contribution in [-0.2, 0) is 32.0 Å². The molecule has 0 saturated heterocycles. The second kappa shape index (κ2) is 7.62. The predicted molar refractivity (Wildman–Crippen MR) is 95.1 cm³/mol. The number of carbonyl (C=O) groups excluding carboxylic acids is 1. The van der Waals surface area contributed by atoms with E-state index in [9.17, 15) is 23.2 Å². The molecule has 0 spiro atoms. The number of rotatable bonds is 6. The number of amides is 1. The van der Waals surface area contributed by atoms with E-state index in [-0.39, 0.29) is 23.5 Å². The number of benzene rings is 1. The van der Waals surface area contributed by atoms with Crippen molar-refractivity contribution in [2.45, 2.75) is 19.7 Å². The monoisotopic (exact) mass is 393 g/mol. The van der Waals surface area contributed by atoms with Gasteiger partial charge < -0.3 is 14.6 Å². The lowest BCUT2D eigenvalue weighted by atomic mass is 10.2. The maximum atomic E-state index is 12.6. The number of ether oxygens (including phenoxy) is 1. The van der Waals surface area contributed by atoms with Crippen LogP contribution < -0.4 is 21.3 Å². The minimum atomic E-state index is -2.91. The number of hydrogen-bond acceptors (Lipinski definition) is 5. The first-order valence-corrected chi connectivity index (χ1v) is 8.19. The summed E-state index contributed by atoms with van der Waals surface area (Å²) in [5.41, 5.74) is -0.177. The highest BCUT2D eigenvalue weighted by Crippen LogP contribution is 2.14. The predicted octanol–water partition coefficient (Wildman–Crippen LogP) is 0.351. The van der Waals surface area contributed by atoms with Gasteiger partial charge in [-0.2, -0.15) is 8.78 Å². The second-order valence-corrected chi connectivity index (χ2v) is 6.06. The standard InChI is InChI=1S/C17H17F2N5O4/c1-22-9-21-14-13(22)15(26)24(17(27)23(14)2)8-12(25)20-7-10-3-5-11(6-4-10)28-16(18)19/h3-6,9,16H,7-8H2,1-2H3,(H,20,25). The average Bonchev–Trinajstić information content (AvgIpc) is 3.04. The van der Waals surface area contributed by atoms with Crippen molar-refractivity contribution in [2.24, 2.45) is 14.1 Å². The highest BCUT2D eigenvalue weighted by molar-refractivity contribution is 5.76. The Kier molecular flexibility index (Phi) is 5.25. The van der Waals surface area contributed by atoms with E-state index >= 15 is 0 Å². The molecule has 0 unspecified atom stereocenters. The molecule has 2 heterocycles. The van der Waals surface area contributed by atoms with Crippen LogP contribution in [-0.4, -0.2) is 31.2 Å². The summed E-state index contributed by atoms with van der Waals surface area (Å²) in [6.45, 7) is -3.28. The zero-order valence-electron chi connectivity index (χ0n) is 15.1. The van der Waals surface area contributed by atoms with E-state index < -0.39 is 30.3 Å². The second-order valence-electron chi connectivity index (χ2n) is 6.06. The molecule has 9 nitrogen and oxygen atoms in total. The van der Waals surface area contributed by atoms with Gasteiger partial charge in [0.05, 0.1) is 6.33 Å². The van der Waals surface area contributed by atoms with Gasteiger partial charge in [-0.15, -0.1) is 0 Å². The van der Waals surface area contributed by atoms with Crippen molar-refractivity contribution in [2.75, 3.05) is 0 Å². The fraction of sp³-hybridized carbons (Fsp3) is 0.294. The van der Waals surface area contributed by atoms with Crippen molar-refractivity contribution in [3.05, 3.63) is 57.0 Å². The first-order valence-electron chi connectivity index (χ1n) is 8.19. The first-order chi connectivity index (χ1) is 13.3. The van der Waals surface area contributed by atoms with Crippen LogP contribution in [0.25, 0.3) is 11.2 Å². The van der Waals surface area contributed by atoms with Crippen LogP contribution in [0.3, 0.4) is 0 Å². The van der Waals surface area contributed by atoms with E-state index in [1.807, 2.05) is 0 Å². The van der Waals surface area contributed by atoms with Crippen molar-refractivity contribution in [3.63, 3.8) is 0 Å². The van der Waals surface area contributed by atoms with Crippen LogP contribution in [0.1, 0.15) is 5.56 Å². The summed E-state index contributed by atoms with van der Waals surface area (Å²) in [4.78, 5) is 41.1. The van der Waals surface area contributed by atoms with Gasteiger partial charge >= 0.3 is 12.3 Å². The Bertz CT molecular complexity index is 1130. The van der Waals surface area contributed by atoms with Gasteiger partial charge in [-0.3, -0.25) is 14.2 Å². The van der Waals surface area contributed by atoms with Crippen LogP contribution in [0, 0.1) is 0 Å². The number of nitrogens with one attached hydrogen (secondary N) is 1. The number of alkyl halides is 2. The quantitative estimate of drug-likeness (QED) is 0.652. The van der Waals surface area contributed by atoms with Crippen molar-refractivity contribution in [1.29, 1.82) is 0 Å². The summed E-state index contributed by atoms with van der Waals surface area (Å²) in [6, 6.07) is 5.74. The smallest absolute Gasteiger partial charge is 0.387 e. The van der Waals surface area contributed by atoms with E-state index in [0.717, 1.165) is 4.57 Å². The largest absolute Gasteiger partial charge is 0.435 e. The SMILES string of the molecule is Cn1cnc2c1c(=O)n(CC(=O)NCc1ccc(OC(F)F)cc1)c(=O)n2C. The minimum absolute atomic E-state index is 0.00426. The Morgan fingerprint density at radius 2 is 1.89 bits per heavy atom. The number of nitrogens with zero attached hydrogens (tertiary/aromatic N) is 4. The number of fused-ring (bicyclic) bond motifs is 1. The molecule has 0 aliphatic rings. The van der Waals surface area contributed by atoms with E-state index in [2.05, 4.69) is 15.0 Å². The maximum absolute atomic E-state index is 12.6. The fourth-order valence-corrected chi connectivity index (χ4v) is 2.72. The third-order valence-electron chi connectivity index (χ3n) is 4.14. The molecule has 1 aromatic carbocycles. The minimum Gasteiger partial charge on any atom is -0.435 e. The molecular weight excluding hydrogens is 376 g/mol. The maximum Gasteiger partial charge on any atom is 0.387 e. The molecule has 0 aliphatic carbocycles. The molecule has 148 valence electrons. The van der Waals surface area contributed by atoms with Crippen LogP contribution >= 0.6 is 0 Å². The molecule has 0 atom stereocenters. The third-order valence-corrected chi connectivity index (χ3v) is 4.14. The highest BCUT2D eigenvalue weighted by Gasteiger charge is 2.16. The van der Waals surface area contributed by atoms with Gasteiger partial charge in [0.15, 0.2) is 11.2 Å². The summed E-state index contributed by atoms with van der Waals surface area (Å²) in [5, 5.41) is 2.58. The summed E-state index contributed by atoms with van der Waals surface area (Å²) in [7, 11) is 3.08. The molecular formula is C17H17F2N5O4. The van der Waals surface area contributed by atoms with E-state index in [1.165, 1.54) is 46.8 Å². The summed E-state index contributed by atoms with van der Waals surface area (Å²) in [6.07, 6.45) is 1.41. The van der Waals surface area contributed by atoms with Gasteiger partial charge in [0, 0.05) is 20.6 Å². The number of hydrogen-bond donors (Lipinski definition) is 1. The van der Waals surface area contributed by atoms with E-state index in [0.29, 0.717) is 5.56 Å². The topological polar surface area (TPSA) is 100 Å². The van der Waals surface area contributed by atoms with Crippen molar-refractivity contribution in [3.8, 4) is 5.75 Å². The molecule has 3 rings (SSSR count). The molecule has 0 fully saturated rings. The van der Waals surface area contributed by atoms with Gasteiger partial charge in [-0.25, -0.2) is 14.3 Å². The van der Waals surface area contributed by atoms with Crippen LogP contribution in [0.15, 0.2) is 40.2 Å². The van der Waals surface area contributed by atoms with E-state index in [4.69, 9.17) is 0 Å². The molecule has 2 aromatic heterocycles. The summed E-state index contributed by atoms with van der Waals surface area (Å²) >= 11 is 0. The number of imidazole rings is 1. The molecule has 1 amide bonds. The average molecular weight is 393 g/mol. The molecule has 3 aromatic rings. The Morgan fingerprint density at radius 3 is 2.54 bits per heavy atom. The zero-order valence-corrected chi connectivity index (χ0v) is 15.1. The highest BCUT2D eigenvalue weighted by atomic mass is 19.3. The molecule has 0 saturated carbocycles. The molecule has 0 aliphatic heterocycles. The lowest BCUT2D eigenvalue weighted by Crippen LogP contribution is -2.43. The Balaban J connectivity index is 1.73. The fourth-order valence-electron chi connectivity index (χ4n) is 2.72. The normalized spacial score (nSPS) is 11.2. The van der Waals surface area contributed by atoms with Gasteiger partial charge in [0.25, 0.3) is 5.56 Å². The first kappa shape index (κ1) is 19.3. The van der Waals surface area contributed by atoms with Crippen molar-refractivity contribution in [1.82, 2.24) is 24.0 Å². The molecule has 28 heavy (non-hydrogen) atoms. The van der Waals surface area contributed by atoms with Crippen LogP contribution in [0.5, 0.6) is 5.75 Å². The molecule has 11 heteroatoms. The summed E-state index contributed by atoms with van der Waals surface area (Å²) < 4.78 is 32.0.